The highest BCUT2D eigenvalue weighted by atomic mass is 32.2. The summed E-state index contributed by atoms with van der Waals surface area (Å²) in [6, 6.07) is 9.19. The normalized spacial score (nSPS) is 19.9. The summed E-state index contributed by atoms with van der Waals surface area (Å²) < 4.78 is 24.8. The molecule has 1 aliphatic heterocycles. The van der Waals surface area contributed by atoms with Gasteiger partial charge in [-0.1, -0.05) is 18.2 Å². The Morgan fingerprint density at radius 1 is 1.35 bits per heavy atom. The van der Waals surface area contributed by atoms with Crippen LogP contribution in [0.15, 0.2) is 30.3 Å². The number of piperidine rings is 1. The summed E-state index contributed by atoms with van der Waals surface area (Å²) in [7, 11) is -3.17. The van der Waals surface area contributed by atoms with Crippen LogP contribution in [0.25, 0.3) is 0 Å². The average Bonchev–Trinajstić information content (AvgIpc) is 2.45. The van der Waals surface area contributed by atoms with Gasteiger partial charge in [-0.15, -0.1) is 0 Å². The lowest BCUT2D eigenvalue weighted by Gasteiger charge is -2.32. The van der Waals surface area contributed by atoms with E-state index in [0.717, 1.165) is 25.6 Å². The number of sulfonamides is 1. The molecule has 0 aromatic heterocycles. The highest BCUT2D eigenvalue weighted by Gasteiger charge is 2.24. The predicted molar refractivity (Wildman–Crippen MR) is 77.9 cm³/mol. The molecular weight excluding hydrogens is 276 g/mol. The Hall–Kier alpha value is -1.40. The number of carbonyl (C=O) groups is 1. The predicted octanol–water partition coefficient (Wildman–Crippen LogP) is 1.09. The third kappa shape index (κ3) is 4.31. The van der Waals surface area contributed by atoms with Crippen molar-refractivity contribution in [2.24, 2.45) is 5.92 Å². The van der Waals surface area contributed by atoms with Crippen molar-refractivity contribution in [1.29, 1.82) is 0 Å². The number of hydrogen-bond acceptors (Lipinski definition) is 3. The molecule has 5 nitrogen and oxygen atoms in total. The van der Waals surface area contributed by atoms with Crippen LogP contribution in [-0.4, -0.2) is 45.1 Å². The molecule has 1 atom stereocenters. The molecule has 0 radical (unpaired) electrons. The minimum Gasteiger partial charge on any atom is -0.338 e. The Balaban J connectivity index is 1.95. The molecule has 1 fully saturated rings. The maximum absolute atomic E-state index is 12.3. The smallest absolute Gasteiger partial charge is 0.253 e. The largest absolute Gasteiger partial charge is 0.338 e. The standard InChI is InChI=1S/C14H20N2O3S/c1-20(18,19)15-10-12-6-5-9-16(11-12)14(17)13-7-3-2-4-8-13/h2-4,7-8,12,15H,5-6,9-11H2,1H3/t12-/m0/s1. The summed E-state index contributed by atoms with van der Waals surface area (Å²) in [5.41, 5.74) is 0.684. The van der Waals surface area contributed by atoms with Gasteiger partial charge >= 0.3 is 0 Å². The van der Waals surface area contributed by atoms with E-state index in [2.05, 4.69) is 4.72 Å². The van der Waals surface area contributed by atoms with Crippen molar-refractivity contribution >= 4 is 15.9 Å². The SMILES string of the molecule is CS(=O)(=O)NC[C@@H]1CCCN(C(=O)c2ccccc2)C1. The second kappa shape index (κ2) is 6.37. The van der Waals surface area contributed by atoms with Crippen molar-refractivity contribution in [3.8, 4) is 0 Å². The summed E-state index contributed by atoms with van der Waals surface area (Å²) in [5.74, 6) is 0.209. The van der Waals surface area contributed by atoms with E-state index < -0.39 is 10.0 Å². The first-order chi connectivity index (χ1) is 9.46. The zero-order valence-electron chi connectivity index (χ0n) is 11.6. The Morgan fingerprint density at radius 2 is 2.05 bits per heavy atom. The highest BCUT2D eigenvalue weighted by molar-refractivity contribution is 7.88. The van der Waals surface area contributed by atoms with Gasteiger partial charge in [0.05, 0.1) is 6.26 Å². The van der Waals surface area contributed by atoms with Gasteiger partial charge in [-0.05, 0) is 30.9 Å². The molecule has 1 N–H and O–H groups in total. The van der Waals surface area contributed by atoms with Gasteiger partial charge in [0, 0.05) is 25.2 Å². The molecule has 0 saturated carbocycles. The van der Waals surface area contributed by atoms with Crippen LogP contribution in [0.2, 0.25) is 0 Å². The monoisotopic (exact) mass is 296 g/mol. The number of nitrogens with one attached hydrogen (secondary N) is 1. The lowest BCUT2D eigenvalue weighted by atomic mass is 9.97. The highest BCUT2D eigenvalue weighted by Crippen LogP contribution is 2.18. The zero-order chi connectivity index (χ0) is 14.6. The van der Waals surface area contributed by atoms with E-state index in [1.807, 2.05) is 23.1 Å². The third-order valence-electron chi connectivity index (χ3n) is 3.46. The lowest BCUT2D eigenvalue weighted by Crippen LogP contribution is -2.43. The van der Waals surface area contributed by atoms with E-state index in [1.54, 1.807) is 12.1 Å². The van der Waals surface area contributed by atoms with Gasteiger partial charge in [0.2, 0.25) is 10.0 Å². The van der Waals surface area contributed by atoms with Crippen LogP contribution >= 0.6 is 0 Å². The molecule has 0 spiro atoms. The van der Waals surface area contributed by atoms with Crippen molar-refractivity contribution in [3.05, 3.63) is 35.9 Å². The molecule has 0 unspecified atom stereocenters. The first kappa shape index (κ1) is 15.0. The molecule has 0 bridgehead atoms. The van der Waals surface area contributed by atoms with E-state index in [9.17, 15) is 13.2 Å². The molecule has 0 aliphatic carbocycles. The second-order valence-corrected chi connectivity index (χ2v) is 7.08. The van der Waals surface area contributed by atoms with Crippen LogP contribution in [0.1, 0.15) is 23.2 Å². The summed E-state index contributed by atoms with van der Waals surface area (Å²) in [6.07, 6.45) is 3.01. The molecule has 20 heavy (non-hydrogen) atoms. The van der Waals surface area contributed by atoms with Crippen molar-refractivity contribution in [2.45, 2.75) is 12.8 Å². The van der Waals surface area contributed by atoms with Crippen molar-refractivity contribution in [2.75, 3.05) is 25.9 Å². The van der Waals surface area contributed by atoms with Gasteiger partial charge in [0.15, 0.2) is 0 Å². The van der Waals surface area contributed by atoms with Crippen LogP contribution in [0.5, 0.6) is 0 Å². The third-order valence-corrected chi connectivity index (χ3v) is 4.15. The quantitative estimate of drug-likeness (QED) is 0.904. The fraction of sp³-hybridized carbons (Fsp3) is 0.500. The van der Waals surface area contributed by atoms with Crippen LogP contribution in [-0.2, 0) is 10.0 Å². The zero-order valence-corrected chi connectivity index (χ0v) is 12.4. The van der Waals surface area contributed by atoms with Crippen LogP contribution in [0.4, 0.5) is 0 Å². The number of likely N-dealkylation sites (tertiary alicyclic amines) is 1. The minimum atomic E-state index is -3.17. The summed E-state index contributed by atoms with van der Waals surface area (Å²) in [5, 5.41) is 0. The molecular formula is C14H20N2O3S. The Kier molecular flexibility index (Phi) is 4.77. The number of nitrogens with zero attached hydrogens (tertiary/aromatic N) is 1. The van der Waals surface area contributed by atoms with Crippen molar-refractivity contribution in [3.63, 3.8) is 0 Å². The number of carbonyl (C=O) groups excluding carboxylic acids is 1. The van der Waals surface area contributed by atoms with Crippen molar-refractivity contribution < 1.29 is 13.2 Å². The molecule has 1 aliphatic rings. The molecule has 1 amide bonds. The van der Waals surface area contributed by atoms with E-state index in [1.165, 1.54) is 0 Å². The maximum atomic E-state index is 12.3. The van der Waals surface area contributed by atoms with Gasteiger partial charge in [-0.25, -0.2) is 13.1 Å². The first-order valence-corrected chi connectivity index (χ1v) is 8.64. The number of hydrogen-bond donors (Lipinski definition) is 1. The van der Waals surface area contributed by atoms with Gasteiger partial charge < -0.3 is 4.90 Å². The molecule has 2 rings (SSSR count). The van der Waals surface area contributed by atoms with Crippen molar-refractivity contribution in [1.82, 2.24) is 9.62 Å². The van der Waals surface area contributed by atoms with Crippen LogP contribution in [0.3, 0.4) is 0 Å². The Labute approximate surface area is 120 Å². The van der Waals surface area contributed by atoms with E-state index in [4.69, 9.17) is 0 Å². The molecule has 1 heterocycles. The number of benzene rings is 1. The van der Waals surface area contributed by atoms with Gasteiger partial charge in [-0.3, -0.25) is 4.79 Å². The lowest BCUT2D eigenvalue weighted by molar-refractivity contribution is 0.0676. The van der Waals surface area contributed by atoms with E-state index in [-0.39, 0.29) is 11.8 Å². The fourth-order valence-corrected chi connectivity index (χ4v) is 2.99. The first-order valence-electron chi connectivity index (χ1n) is 6.74. The van der Waals surface area contributed by atoms with Gasteiger partial charge in [0.25, 0.3) is 5.91 Å². The molecule has 1 saturated heterocycles. The number of rotatable bonds is 4. The molecule has 6 heteroatoms. The fourth-order valence-electron chi connectivity index (χ4n) is 2.45. The van der Waals surface area contributed by atoms with E-state index in [0.29, 0.717) is 18.7 Å². The average molecular weight is 296 g/mol. The summed E-state index contributed by atoms with van der Waals surface area (Å²) in [6.45, 7) is 1.75. The Morgan fingerprint density at radius 3 is 2.70 bits per heavy atom. The molecule has 1 aromatic rings. The van der Waals surface area contributed by atoms with E-state index >= 15 is 0 Å². The summed E-state index contributed by atoms with van der Waals surface area (Å²) >= 11 is 0. The number of amides is 1. The second-order valence-electron chi connectivity index (χ2n) is 5.25. The minimum absolute atomic E-state index is 0.0228. The van der Waals surface area contributed by atoms with Crippen LogP contribution in [0, 0.1) is 5.92 Å². The maximum Gasteiger partial charge on any atom is 0.253 e. The molecule has 110 valence electrons. The Bertz CT molecular complexity index is 557. The topological polar surface area (TPSA) is 66.5 Å². The van der Waals surface area contributed by atoms with Crippen LogP contribution < -0.4 is 4.72 Å². The summed E-state index contributed by atoms with van der Waals surface area (Å²) in [4.78, 5) is 14.1. The van der Waals surface area contributed by atoms with Gasteiger partial charge in [-0.2, -0.15) is 0 Å². The molecule has 1 aromatic carbocycles. The van der Waals surface area contributed by atoms with Gasteiger partial charge in [0.1, 0.15) is 0 Å².